The molecule has 0 saturated heterocycles. The van der Waals surface area contributed by atoms with Crippen LogP contribution in [-0.4, -0.2) is 59.9 Å². The molecule has 320 valence electrons. The van der Waals surface area contributed by atoms with Crippen LogP contribution >= 0.6 is 7.82 Å². The predicted octanol–water partition coefficient (Wildman–Crippen LogP) is 10.9. The minimum absolute atomic E-state index is 0.0793. The first-order valence-electron chi connectivity index (χ1n) is 20.9. The van der Waals surface area contributed by atoms with E-state index in [1.807, 2.05) is 18.2 Å². The van der Waals surface area contributed by atoms with Gasteiger partial charge in [-0.1, -0.05) is 144 Å². The van der Waals surface area contributed by atoms with E-state index in [0.29, 0.717) is 19.3 Å². The number of allylic oxidation sites excluding steroid dienone is 11. The predicted molar refractivity (Wildman–Crippen MR) is 226 cm³/mol. The maximum absolute atomic E-state index is 12.6. The standard InChI is InChI=1S/C44H74NO10P/c1-3-5-7-9-11-13-15-17-19-20-22-24-26-28-30-32-34-36-43(47)55-40(38-53-56(50,51)54-39-41(45)44(48)49)37-52-42(46)35-33-31-29-27-25-23-21-18-16-14-12-10-8-6-4-2/h4-5,7,11,13,17,19,22,24,28,30,40-41H,2-3,6,8-10,12,14-16,18,20-21,23,25-27,29,31-39,45H2,1H3,(H,48,49)(H,50,51)/b7-5+,13-11+,19-17+,24-22+,30-28+/t40-,41+/m1/s1. The fraction of sp³-hybridized carbons (Fsp3) is 0.659. The minimum atomic E-state index is -4.73. The molecule has 0 bridgehead atoms. The first-order chi connectivity index (χ1) is 27.1. The lowest BCUT2D eigenvalue weighted by atomic mass is 10.0. The van der Waals surface area contributed by atoms with Crippen molar-refractivity contribution in [2.45, 2.75) is 167 Å². The lowest BCUT2D eigenvalue weighted by Crippen LogP contribution is -2.34. The monoisotopic (exact) mass is 808 g/mol. The van der Waals surface area contributed by atoms with Gasteiger partial charge in [-0.2, -0.15) is 0 Å². The zero-order valence-electron chi connectivity index (χ0n) is 34.3. The quantitative estimate of drug-likeness (QED) is 0.0233. The van der Waals surface area contributed by atoms with Gasteiger partial charge in [-0.25, -0.2) is 4.57 Å². The van der Waals surface area contributed by atoms with Crippen molar-refractivity contribution in [1.82, 2.24) is 0 Å². The Morgan fingerprint density at radius 1 is 0.607 bits per heavy atom. The van der Waals surface area contributed by atoms with Crippen molar-refractivity contribution >= 4 is 25.7 Å². The number of ether oxygens (including phenoxy) is 2. The summed E-state index contributed by atoms with van der Waals surface area (Å²) in [6, 6.07) is -1.53. The molecule has 1 unspecified atom stereocenters. The Kier molecular flexibility index (Phi) is 36.6. The molecule has 0 heterocycles. The topological polar surface area (TPSA) is 172 Å². The fourth-order valence-electron chi connectivity index (χ4n) is 5.31. The van der Waals surface area contributed by atoms with Gasteiger partial charge < -0.3 is 25.2 Å². The van der Waals surface area contributed by atoms with Crippen LogP contribution in [-0.2, 0) is 37.5 Å². The van der Waals surface area contributed by atoms with E-state index >= 15 is 0 Å². The number of phosphoric acid groups is 1. The lowest BCUT2D eigenvalue weighted by Gasteiger charge is -2.20. The summed E-state index contributed by atoms with van der Waals surface area (Å²) in [7, 11) is -4.73. The number of esters is 2. The normalized spacial score (nSPS) is 14.3. The van der Waals surface area contributed by atoms with Crippen molar-refractivity contribution in [2.24, 2.45) is 5.73 Å². The molecular formula is C44H74NO10P. The number of hydrogen-bond acceptors (Lipinski definition) is 9. The summed E-state index contributed by atoms with van der Waals surface area (Å²) in [4.78, 5) is 45.9. The highest BCUT2D eigenvalue weighted by Gasteiger charge is 2.28. The van der Waals surface area contributed by atoms with E-state index in [1.54, 1.807) is 0 Å². The first-order valence-corrected chi connectivity index (χ1v) is 22.4. The molecule has 0 aromatic heterocycles. The summed E-state index contributed by atoms with van der Waals surface area (Å²) in [5.74, 6) is -2.46. The Bertz CT molecular complexity index is 1210. The van der Waals surface area contributed by atoms with Gasteiger partial charge in [0.2, 0.25) is 0 Å². The van der Waals surface area contributed by atoms with E-state index in [-0.39, 0.29) is 19.4 Å². The molecule has 12 heteroatoms. The van der Waals surface area contributed by atoms with Gasteiger partial charge in [0.05, 0.1) is 13.2 Å². The third kappa shape index (κ3) is 37.8. The average Bonchev–Trinajstić information content (AvgIpc) is 3.17. The second-order valence-electron chi connectivity index (χ2n) is 13.8. The molecule has 0 fully saturated rings. The summed E-state index contributed by atoms with van der Waals surface area (Å²) in [6.07, 6.45) is 44.4. The van der Waals surface area contributed by atoms with E-state index in [2.05, 4.69) is 66.6 Å². The average molecular weight is 808 g/mol. The van der Waals surface area contributed by atoms with Gasteiger partial charge >= 0.3 is 25.7 Å². The Morgan fingerprint density at radius 2 is 1.05 bits per heavy atom. The Labute approximate surface area is 338 Å². The SMILES string of the molecule is C=CCCCCCCCCCCCCCCCC(=O)OC[C@H](COP(=O)(O)OC[C@H](N)C(=O)O)OC(=O)CCC/C=C/C/C=C/C/C=C/C/C=C/C/C=C/CC. The molecule has 0 saturated carbocycles. The van der Waals surface area contributed by atoms with E-state index < -0.39 is 51.1 Å². The molecule has 0 aliphatic carbocycles. The van der Waals surface area contributed by atoms with Gasteiger partial charge in [-0.15, -0.1) is 6.58 Å². The summed E-state index contributed by atoms with van der Waals surface area (Å²) < 4.78 is 32.6. The molecule has 0 rings (SSSR count). The maximum atomic E-state index is 12.6. The second kappa shape index (κ2) is 38.8. The molecule has 3 atom stereocenters. The number of carboxylic acids is 1. The highest BCUT2D eigenvalue weighted by atomic mass is 31.2. The van der Waals surface area contributed by atoms with Crippen molar-refractivity contribution in [3.05, 3.63) is 73.4 Å². The van der Waals surface area contributed by atoms with Crippen molar-refractivity contribution in [3.63, 3.8) is 0 Å². The summed E-state index contributed by atoms with van der Waals surface area (Å²) in [5.41, 5.74) is 5.32. The number of carbonyl (C=O) groups is 3. The summed E-state index contributed by atoms with van der Waals surface area (Å²) >= 11 is 0. The van der Waals surface area contributed by atoms with Gasteiger partial charge in [0.1, 0.15) is 12.6 Å². The Hall–Kier alpha value is -3.08. The van der Waals surface area contributed by atoms with Crippen molar-refractivity contribution in [3.8, 4) is 0 Å². The van der Waals surface area contributed by atoms with Crippen molar-refractivity contribution < 1.29 is 47.5 Å². The molecule has 0 aliphatic rings. The molecule has 0 aromatic rings. The molecule has 11 nitrogen and oxygen atoms in total. The third-order valence-electron chi connectivity index (χ3n) is 8.58. The second-order valence-corrected chi connectivity index (χ2v) is 15.3. The zero-order valence-corrected chi connectivity index (χ0v) is 35.2. The largest absolute Gasteiger partial charge is 0.480 e. The highest BCUT2D eigenvalue weighted by Crippen LogP contribution is 2.43. The maximum Gasteiger partial charge on any atom is 0.472 e. The number of aliphatic carboxylic acids is 1. The number of hydrogen-bond donors (Lipinski definition) is 3. The van der Waals surface area contributed by atoms with Crippen LogP contribution in [0.4, 0.5) is 0 Å². The first kappa shape index (κ1) is 52.9. The third-order valence-corrected chi connectivity index (χ3v) is 9.54. The van der Waals surface area contributed by atoms with Crippen LogP contribution in [0.2, 0.25) is 0 Å². The number of unbranched alkanes of at least 4 members (excludes halogenated alkanes) is 14. The van der Waals surface area contributed by atoms with Crippen LogP contribution in [0.25, 0.3) is 0 Å². The summed E-state index contributed by atoms with van der Waals surface area (Å²) in [5, 5.41) is 8.88. The molecule has 56 heavy (non-hydrogen) atoms. The fourth-order valence-corrected chi connectivity index (χ4v) is 6.09. The number of carboxylic acid groups (broad SMARTS) is 1. The van der Waals surface area contributed by atoms with Crippen LogP contribution in [0, 0.1) is 0 Å². The van der Waals surface area contributed by atoms with Crippen LogP contribution in [0.15, 0.2) is 73.4 Å². The molecule has 0 aromatic carbocycles. The molecule has 0 radical (unpaired) electrons. The lowest BCUT2D eigenvalue weighted by molar-refractivity contribution is -0.161. The van der Waals surface area contributed by atoms with Crippen LogP contribution in [0.3, 0.4) is 0 Å². The van der Waals surface area contributed by atoms with Crippen LogP contribution in [0.1, 0.15) is 155 Å². The Balaban J connectivity index is 4.48. The van der Waals surface area contributed by atoms with Gasteiger partial charge in [-0.05, 0) is 64.2 Å². The smallest absolute Gasteiger partial charge is 0.472 e. The summed E-state index contributed by atoms with van der Waals surface area (Å²) in [6.45, 7) is 4.14. The van der Waals surface area contributed by atoms with E-state index in [0.717, 1.165) is 57.8 Å². The minimum Gasteiger partial charge on any atom is -0.480 e. The van der Waals surface area contributed by atoms with Crippen molar-refractivity contribution in [1.29, 1.82) is 0 Å². The number of rotatable bonds is 39. The molecule has 4 N–H and O–H groups in total. The van der Waals surface area contributed by atoms with Gasteiger partial charge in [-0.3, -0.25) is 23.4 Å². The number of carbonyl (C=O) groups excluding carboxylic acids is 2. The van der Waals surface area contributed by atoms with Crippen LogP contribution < -0.4 is 5.73 Å². The number of nitrogens with two attached hydrogens (primary N) is 1. The number of phosphoric ester groups is 1. The molecule has 0 amide bonds. The van der Waals surface area contributed by atoms with Gasteiger partial charge in [0, 0.05) is 12.8 Å². The Morgan fingerprint density at radius 3 is 1.55 bits per heavy atom. The van der Waals surface area contributed by atoms with Crippen molar-refractivity contribution in [2.75, 3.05) is 19.8 Å². The van der Waals surface area contributed by atoms with E-state index in [4.69, 9.17) is 24.8 Å². The van der Waals surface area contributed by atoms with E-state index in [1.165, 1.54) is 57.8 Å². The van der Waals surface area contributed by atoms with Gasteiger partial charge in [0.25, 0.3) is 0 Å². The van der Waals surface area contributed by atoms with E-state index in [9.17, 15) is 23.8 Å². The molecular weight excluding hydrogens is 733 g/mol. The molecule has 0 aliphatic heterocycles. The molecule has 0 spiro atoms. The zero-order chi connectivity index (χ0) is 41.4. The van der Waals surface area contributed by atoms with Crippen LogP contribution in [0.5, 0.6) is 0 Å². The highest BCUT2D eigenvalue weighted by molar-refractivity contribution is 7.47. The van der Waals surface area contributed by atoms with Gasteiger partial charge in [0.15, 0.2) is 6.10 Å².